The molecule has 1 heterocycles. The molecule has 15 heavy (non-hydrogen) atoms. The number of aliphatic carboxylic acids is 1. The Bertz CT molecular complexity index is 388. The Morgan fingerprint density at radius 1 is 1.73 bits per heavy atom. The van der Waals surface area contributed by atoms with Gasteiger partial charge in [0.15, 0.2) is 5.82 Å². The number of aromatic nitrogens is 2. The van der Waals surface area contributed by atoms with Gasteiger partial charge in [0.05, 0.1) is 5.92 Å². The quantitative estimate of drug-likeness (QED) is 0.650. The fraction of sp³-hybridized carbons (Fsp3) is 0.444. The number of anilines is 1. The van der Waals surface area contributed by atoms with Gasteiger partial charge in [-0.3, -0.25) is 9.59 Å². The fourth-order valence-electron chi connectivity index (χ4n) is 1.10. The predicted octanol–water partition coefficient (Wildman–Crippen LogP) is 0.293. The zero-order valence-corrected chi connectivity index (χ0v) is 8.36. The first kappa shape index (κ1) is 11.2. The van der Waals surface area contributed by atoms with Crippen LogP contribution in [0.2, 0.25) is 0 Å². The van der Waals surface area contributed by atoms with Crippen molar-refractivity contribution < 1.29 is 9.90 Å². The Morgan fingerprint density at radius 2 is 2.47 bits per heavy atom. The molecule has 0 fully saturated rings. The minimum absolute atomic E-state index is 0.150. The van der Waals surface area contributed by atoms with Gasteiger partial charge < -0.3 is 15.4 Å². The van der Waals surface area contributed by atoms with E-state index in [4.69, 9.17) is 5.11 Å². The van der Waals surface area contributed by atoms with Gasteiger partial charge >= 0.3 is 5.97 Å². The SMILES string of the molecule is CCC(CNc1ncc[nH]c1=O)C(=O)O. The first-order chi connectivity index (χ1) is 7.15. The molecule has 1 atom stereocenters. The molecule has 0 saturated heterocycles. The van der Waals surface area contributed by atoms with Crippen molar-refractivity contribution in [1.82, 2.24) is 9.97 Å². The highest BCUT2D eigenvalue weighted by Gasteiger charge is 2.15. The first-order valence-corrected chi connectivity index (χ1v) is 4.65. The van der Waals surface area contributed by atoms with E-state index in [1.54, 1.807) is 6.92 Å². The van der Waals surface area contributed by atoms with Crippen molar-refractivity contribution in [2.75, 3.05) is 11.9 Å². The molecule has 0 amide bonds. The summed E-state index contributed by atoms with van der Waals surface area (Å²) in [5.74, 6) is -1.24. The molecular weight excluding hydrogens is 198 g/mol. The van der Waals surface area contributed by atoms with Crippen LogP contribution in [0.25, 0.3) is 0 Å². The van der Waals surface area contributed by atoms with Crippen LogP contribution < -0.4 is 10.9 Å². The van der Waals surface area contributed by atoms with E-state index in [0.29, 0.717) is 6.42 Å². The lowest BCUT2D eigenvalue weighted by Gasteiger charge is -2.10. The van der Waals surface area contributed by atoms with Crippen LogP contribution in [-0.4, -0.2) is 27.6 Å². The summed E-state index contributed by atoms with van der Waals surface area (Å²) in [7, 11) is 0. The lowest BCUT2D eigenvalue weighted by Crippen LogP contribution is -2.25. The lowest BCUT2D eigenvalue weighted by molar-refractivity contribution is -0.141. The molecule has 6 heteroatoms. The summed E-state index contributed by atoms with van der Waals surface area (Å²) >= 11 is 0. The van der Waals surface area contributed by atoms with Gasteiger partial charge in [0.2, 0.25) is 0 Å². The molecule has 0 bridgehead atoms. The zero-order chi connectivity index (χ0) is 11.3. The summed E-state index contributed by atoms with van der Waals surface area (Å²) < 4.78 is 0. The highest BCUT2D eigenvalue weighted by molar-refractivity contribution is 5.70. The molecule has 0 aliphatic heterocycles. The van der Waals surface area contributed by atoms with E-state index in [2.05, 4.69) is 15.3 Å². The van der Waals surface area contributed by atoms with Crippen molar-refractivity contribution in [3.8, 4) is 0 Å². The van der Waals surface area contributed by atoms with Crippen LogP contribution >= 0.6 is 0 Å². The van der Waals surface area contributed by atoms with Gasteiger partial charge in [-0.2, -0.15) is 0 Å². The topological polar surface area (TPSA) is 95.1 Å². The summed E-state index contributed by atoms with van der Waals surface area (Å²) in [6.45, 7) is 1.98. The Hall–Kier alpha value is -1.85. The van der Waals surface area contributed by atoms with E-state index in [1.807, 2.05) is 0 Å². The minimum atomic E-state index is -0.877. The van der Waals surface area contributed by atoms with Crippen LogP contribution in [0.3, 0.4) is 0 Å². The van der Waals surface area contributed by atoms with Crippen molar-refractivity contribution >= 4 is 11.8 Å². The zero-order valence-electron chi connectivity index (χ0n) is 8.36. The highest BCUT2D eigenvalue weighted by atomic mass is 16.4. The molecule has 82 valence electrons. The molecule has 1 aromatic rings. The lowest BCUT2D eigenvalue weighted by atomic mass is 10.1. The van der Waals surface area contributed by atoms with Gasteiger partial charge in [0, 0.05) is 18.9 Å². The molecular formula is C9H13N3O3. The summed E-state index contributed by atoms with van der Waals surface area (Å²) in [6.07, 6.45) is 3.36. The normalized spacial score (nSPS) is 12.1. The molecule has 1 rings (SSSR count). The second-order valence-corrected chi connectivity index (χ2v) is 3.09. The minimum Gasteiger partial charge on any atom is -0.481 e. The maximum atomic E-state index is 11.2. The van der Waals surface area contributed by atoms with Gasteiger partial charge in [-0.25, -0.2) is 4.98 Å². The Kier molecular flexibility index (Phi) is 3.84. The van der Waals surface area contributed by atoms with Crippen LogP contribution in [0.5, 0.6) is 0 Å². The number of nitrogens with zero attached hydrogens (tertiary/aromatic N) is 1. The highest BCUT2D eigenvalue weighted by Crippen LogP contribution is 2.03. The monoisotopic (exact) mass is 211 g/mol. The molecule has 0 saturated carbocycles. The Morgan fingerprint density at radius 3 is 3.00 bits per heavy atom. The summed E-state index contributed by atoms with van der Waals surface area (Å²) in [4.78, 5) is 28.1. The van der Waals surface area contributed by atoms with E-state index in [-0.39, 0.29) is 17.9 Å². The van der Waals surface area contributed by atoms with Crippen molar-refractivity contribution in [1.29, 1.82) is 0 Å². The van der Waals surface area contributed by atoms with Gasteiger partial charge in [0.25, 0.3) is 5.56 Å². The standard InChI is InChI=1S/C9H13N3O3/c1-2-6(9(14)15)5-12-7-8(13)11-4-3-10-7/h3-4,6H,2,5H2,1H3,(H,10,12)(H,11,13)(H,14,15). The smallest absolute Gasteiger partial charge is 0.308 e. The molecule has 6 nitrogen and oxygen atoms in total. The van der Waals surface area contributed by atoms with Crippen molar-refractivity contribution in [2.24, 2.45) is 5.92 Å². The van der Waals surface area contributed by atoms with Crippen LogP contribution in [0.1, 0.15) is 13.3 Å². The number of hydrogen-bond acceptors (Lipinski definition) is 4. The van der Waals surface area contributed by atoms with Crippen molar-refractivity contribution in [3.63, 3.8) is 0 Å². The average molecular weight is 211 g/mol. The van der Waals surface area contributed by atoms with Crippen molar-refractivity contribution in [2.45, 2.75) is 13.3 Å². The Labute approximate surface area is 86.4 Å². The van der Waals surface area contributed by atoms with Gasteiger partial charge in [0.1, 0.15) is 0 Å². The summed E-state index contributed by atoms with van der Waals surface area (Å²) in [5.41, 5.74) is -0.349. The first-order valence-electron chi connectivity index (χ1n) is 4.65. The third-order valence-electron chi connectivity index (χ3n) is 2.07. The molecule has 0 radical (unpaired) electrons. The van der Waals surface area contributed by atoms with E-state index < -0.39 is 11.9 Å². The average Bonchev–Trinajstić information content (AvgIpc) is 2.21. The maximum absolute atomic E-state index is 11.2. The second kappa shape index (κ2) is 5.14. The van der Waals surface area contributed by atoms with E-state index in [9.17, 15) is 9.59 Å². The van der Waals surface area contributed by atoms with E-state index in [0.717, 1.165) is 0 Å². The molecule has 0 aliphatic carbocycles. The molecule has 0 aromatic carbocycles. The van der Waals surface area contributed by atoms with Gasteiger partial charge in [-0.15, -0.1) is 0 Å². The van der Waals surface area contributed by atoms with Crippen LogP contribution in [0.15, 0.2) is 17.2 Å². The molecule has 0 aliphatic rings. The van der Waals surface area contributed by atoms with E-state index in [1.165, 1.54) is 12.4 Å². The van der Waals surface area contributed by atoms with Gasteiger partial charge in [-0.05, 0) is 6.42 Å². The molecule has 0 spiro atoms. The second-order valence-electron chi connectivity index (χ2n) is 3.09. The number of nitrogens with one attached hydrogen (secondary N) is 2. The third-order valence-corrected chi connectivity index (χ3v) is 2.07. The fourth-order valence-corrected chi connectivity index (χ4v) is 1.10. The number of aromatic amines is 1. The third kappa shape index (κ3) is 3.08. The number of rotatable bonds is 5. The number of hydrogen-bond donors (Lipinski definition) is 3. The van der Waals surface area contributed by atoms with Crippen LogP contribution in [-0.2, 0) is 4.79 Å². The van der Waals surface area contributed by atoms with Gasteiger partial charge in [-0.1, -0.05) is 6.92 Å². The Balaban J connectivity index is 2.61. The number of carboxylic acid groups (broad SMARTS) is 1. The van der Waals surface area contributed by atoms with Crippen molar-refractivity contribution in [3.05, 3.63) is 22.7 Å². The number of carbonyl (C=O) groups is 1. The van der Waals surface area contributed by atoms with Crippen LogP contribution in [0.4, 0.5) is 5.82 Å². The largest absolute Gasteiger partial charge is 0.481 e. The molecule has 3 N–H and O–H groups in total. The van der Waals surface area contributed by atoms with Crippen LogP contribution in [0, 0.1) is 5.92 Å². The maximum Gasteiger partial charge on any atom is 0.308 e. The van der Waals surface area contributed by atoms with E-state index >= 15 is 0 Å². The number of H-pyrrole nitrogens is 1. The molecule has 1 aromatic heterocycles. The molecule has 1 unspecified atom stereocenters. The summed E-state index contributed by atoms with van der Waals surface area (Å²) in [6, 6.07) is 0. The summed E-state index contributed by atoms with van der Waals surface area (Å²) in [5, 5.41) is 11.5. The number of carboxylic acids is 1. The predicted molar refractivity (Wildman–Crippen MR) is 54.8 cm³/mol.